The second-order valence-corrected chi connectivity index (χ2v) is 3.83. The van der Waals surface area contributed by atoms with E-state index >= 15 is 0 Å². The van der Waals surface area contributed by atoms with Gasteiger partial charge in [-0.1, -0.05) is 29.8 Å². The Morgan fingerprint density at radius 1 is 1.24 bits per heavy atom. The topological polar surface area (TPSA) is 52.6 Å². The van der Waals surface area contributed by atoms with Crippen LogP contribution < -0.4 is 0 Å². The number of hydrogen-bond donors (Lipinski definition) is 0. The fraction of sp³-hybridized carbons (Fsp3) is 0.333. The predicted octanol–water partition coefficient (Wildman–Crippen LogP) is 2.51. The number of esters is 2. The minimum Gasteiger partial charge on any atom is -0.462 e. The van der Waals surface area contributed by atoms with Gasteiger partial charge in [0.05, 0.1) is 0 Å². The van der Waals surface area contributed by atoms with E-state index in [4.69, 9.17) is 21.1 Å². The van der Waals surface area contributed by atoms with E-state index in [9.17, 15) is 9.59 Å². The van der Waals surface area contributed by atoms with Crippen LogP contribution in [0.5, 0.6) is 0 Å². The first-order valence-electron chi connectivity index (χ1n) is 5.05. The van der Waals surface area contributed by atoms with Crippen LogP contribution in [0.15, 0.2) is 24.3 Å². The smallest absolute Gasteiger partial charge is 0.303 e. The molecular formula is C12H13ClO4. The van der Waals surface area contributed by atoms with E-state index in [0.717, 1.165) is 0 Å². The van der Waals surface area contributed by atoms with Crippen LogP contribution in [0.3, 0.4) is 0 Å². The van der Waals surface area contributed by atoms with Crippen LogP contribution in [0.25, 0.3) is 0 Å². The lowest BCUT2D eigenvalue weighted by Gasteiger charge is -2.18. The highest BCUT2D eigenvalue weighted by atomic mass is 35.5. The third-order valence-electron chi connectivity index (χ3n) is 2.00. The van der Waals surface area contributed by atoms with Crippen molar-refractivity contribution in [1.29, 1.82) is 0 Å². The normalized spacial score (nSPS) is 11.7. The van der Waals surface area contributed by atoms with Crippen molar-refractivity contribution in [1.82, 2.24) is 0 Å². The number of benzene rings is 1. The first-order valence-corrected chi connectivity index (χ1v) is 5.43. The van der Waals surface area contributed by atoms with Gasteiger partial charge in [0.15, 0.2) is 6.10 Å². The maximum Gasteiger partial charge on any atom is 0.303 e. The number of ether oxygens (including phenoxy) is 2. The Hall–Kier alpha value is -1.55. The zero-order valence-electron chi connectivity index (χ0n) is 9.60. The molecule has 0 fully saturated rings. The summed E-state index contributed by atoms with van der Waals surface area (Å²) in [7, 11) is 0. The van der Waals surface area contributed by atoms with E-state index in [0.29, 0.717) is 10.6 Å². The quantitative estimate of drug-likeness (QED) is 0.777. The summed E-state index contributed by atoms with van der Waals surface area (Å²) in [5.74, 6) is -0.892. The van der Waals surface area contributed by atoms with Gasteiger partial charge in [-0.05, 0) is 6.07 Å². The van der Waals surface area contributed by atoms with Crippen molar-refractivity contribution in [3.05, 3.63) is 34.9 Å². The van der Waals surface area contributed by atoms with Gasteiger partial charge in [0.1, 0.15) is 6.61 Å². The average Bonchev–Trinajstić information content (AvgIpc) is 2.24. The zero-order chi connectivity index (χ0) is 12.8. The molecule has 0 aromatic heterocycles. The molecule has 1 rings (SSSR count). The van der Waals surface area contributed by atoms with Gasteiger partial charge in [-0.3, -0.25) is 9.59 Å². The van der Waals surface area contributed by atoms with Gasteiger partial charge in [-0.25, -0.2) is 0 Å². The van der Waals surface area contributed by atoms with Crippen LogP contribution in [-0.4, -0.2) is 18.5 Å². The Kier molecular flexibility index (Phi) is 4.97. The van der Waals surface area contributed by atoms with Gasteiger partial charge in [0, 0.05) is 24.4 Å². The molecule has 0 unspecified atom stereocenters. The molecule has 1 aromatic rings. The SMILES string of the molecule is CC(=O)OC[C@@H](OC(C)=O)c1ccccc1Cl. The van der Waals surface area contributed by atoms with E-state index in [-0.39, 0.29) is 6.61 Å². The summed E-state index contributed by atoms with van der Waals surface area (Å²) < 4.78 is 9.91. The molecule has 0 heterocycles. The monoisotopic (exact) mass is 256 g/mol. The molecule has 5 heteroatoms. The van der Waals surface area contributed by atoms with Crippen LogP contribution in [0.2, 0.25) is 5.02 Å². The molecule has 0 aliphatic carbocycles. The summed E-state index contributed by atoms with van der Waals surface area (Å²) in [5.41, 5.74) is 0.616. The predicted molar refractivity (Wildman–Crippen MR) is 62.6 cm³/mol. The van der Waals surface area contributed by atoms with Crippen molar-refractivity contribution in [3.8, 4) is 0 Å². The van der Waals surface area contributed by atoms with Crippen LogP contribution in [0.4, 0.5) is 0 Å². The van der Waals surface area contributed by atoms with Gasteiger partial charge in [0.25, 0.3) is 0 Å². The van der Waals surface area contributed by atoms with Crippen molar-refractivity contribution in [2.75, 3.05) is 6.61 Å². The number of carbonyl (C=O) groups excluding carboxylic acids is 2. The number of halogens is 1. The van der Waals surface area contributed by atoms with Gasteiger partial charge in [-0.15, -0.1) is 0 Å². The van der Waals surface area contributed by atoms with Gasteiger partial charge in [0.2, 0.25) is 0 Å². The van der Waals surface area contributed by atoms with Crippen LogP contribution >= 0.6 is 11.6 Å². The van der Waals surface area contributed by atoms with Gasteiger partial charge >= 0.3 is 11.9 Å². The lowest BCUT2D eigenvalue weighted by Crippen LogP contribution is -2.16. The van der Waals surface area contributed by atoms with E-state index in [1.165, 1.54) is 13.8 Å². The molecule has 4 nitrogen and oxygen atoms in total. The second-order valence-electron chi connectivity index (χ2n) is 3.42. The highest BCUT2D eigenvalue weighted by molar-refractivity contribution is 6.31. The maximum absolute atomic E-state index is 11.0. The van der Waals surface area contributed by atoms with Gasteiger partial charge in [-0.2, -0.15) is 0 Å². The third-order valence-corrected chi connectivity index (χ3v) is 2.34. The Morgan fingerprint density at radius 3 is 2.41 bits per heavy atom. The lowest BCUT2D eigenvalue weighted by molar-refractivity contribution is -0.156. The largest absolute Gasteiger partial charge is 0.462 e. The molecule has 1 aromatic carbocycles. The summed E-state index contributed by atoms with van der Waals surface area (Å²) in [6, 6.07) is 6.94. The van der Waals surface area contributed by atoms with E-state index in [1.54, 1.807) is 24.3 Å². The minimum absolute atomic E-state index is 0.0430. The van der Waals surface area contributed by atoms with E-state index in [2.05, 4.69) is 0 Å². The third kappa shape index (κ3) is 4.44. The first-order chi connectivity index (χ1) is 8.00. The van der Waals surface area contributed by atoms with Crippen LogP contribution in [0, 0.1) is 0 Å². The molecule has 0 bridgehead atoms. The summed E-state index contributed by atoms with van der Waals surface area (Å²) in [6.07, 6.45) is -0.676. The molecule has 17 heavy (non-hydrogen) atoms. The fourth-order valence-corrected chi connectivity index (χ4v) is 1.57. The average molecular weight is 257 g/mol. The summed E-state index contributed by atoms with van der Waals surface area (Å²) >= 11 is 5.99. The van der Waals surface area contributed by atoms with Crippen molar-refractivity contribution in [3.63, 3.8) is 0 Å². The zero-order valence-corrected chi connectivity index (χ0v) is 10.4. The molecule has 92 valence electrons. The van der Waals surface area contributed by atoms with Crippen molar-refractivity contribution < 1.29 is 19.1 Å². The van der Waals surface area contributed by atoms with E-state index in [1.807, 2.05) is 0 Å². The molecule has 0 aliphatic rings. The van der Waals surface area contributed by atoms with Crippen molar-refractivity contribution in [2.24, 2.45) is 0 Å². The number of hydrogen-bond acceptors (Lipinski definition) is 4. The summed E-state index contributed by atoms with van der Waals surface area (Å²) in [5, 5.41) is 0.464. The minimum atomic E-state index is -0.676. The molecule has 1 atom stereocenters. The van der Waals surface area contributed by atoms with E-state index < -0.39 is 18.0 Å². The molecule has 0 saturated heterocycles. The molecule has 0 radical (unpaired) electrons. The Bertz CT molecular complexity index is 417. The van der Waals surface area contributed by atoms with Crippen LogP contribution in [-0.2, 0) is 19.1 Å². The molecule has 0 saturated carbocycles. The Morgan fingerprint density at radius 2 is 1.88 bits per heavy atom. The molecule has 0 N–H and O–H groups in total. The first kappa shape index (κ1) is 13.5. The maximum atomic E-state index is 11.0. The van der Waals surface area contributed by atoms with Crippen LogP contribution in [0.1, 0.15) is 25.5 Å². The molecule has 0 spiro atoms. The molecule has 0 aliphatic heterocycles. The van der Waals surface area contributed by atoms with Crippen molar-refractivity contribution in [2.45, 2.75) is 20.0 Å². The summed E-state index contributed by atoms with van der Waals surface area (Å²) in [6.45, 7) is 2.54. The van der Waals surface area contributed by atoms with Crippen molar-refractivity contribution >= 4 is 23.5 Å². The standard InChI is InChI=1S/C12H13ClO4/c1-8(14)16-7-12(17-9(2)15)10-5-3-4-6-11(10)13/h3-6,12H,7H2,1-2H3/t12-/m1/s1. The second kappa shape index (κ2) is 6.25. The number of carbonyl (C=O) groups is 2. The summed E-state index contributed by atoms with van der Waals surface area (Å²) in [4.78, 5) is 21.7. The highest BCUT2D eigenvalue weighted by Crippen LogP contribution is 2.25. The fourth-order valence-electron chi connectivity index (χ4n) is 1.32. The molecule has 0 amide bonds. The Balaban J connectivity index is 2.85. The van der Waals surface area contributed by atoms with Gasteiger partial charge < -0.3 is 9.47 Å². The molecular weight excluding hydrogens is 244 g/mol. The lowest BCUT2D eigenvalue weighted by atomic mass is 10.1. The Labute approximate surface area is 104 Å². The number of rotatable bonds is 4. The highest BCUT2D eigenvalue weighted by Gasteiger charge is 2.18.